The molecule has 1 aliphatic heterocycles. The molecule has 0 N–H and O–H groups in total. The Morgan fingerprint density at radius 1 is 1.44 bits per heavy atom. The Balaban J connectivity index is 2.32. The first-order valence-electron chi connectivity index (χ1n) is 6.02. The van der Waals surface area contributed by atoms with Crippen LogP contribution in [0.1, 0.15) is 25.8 Å². The first-order chi connectivity index (χ1) is 7.72. The van der Waals surface area contributed by atoms with E-state index in [0.29, 0.717) is 5.92 Å². The van der Waals surface area contributed by atoms with Crippen molar-refractivity contribution < 1.29 is 4.79 Å². The number of aryl methyl sites for hydroxylation is 1. The summed E-state index contributed by atoms with van der Waals surface area (Å²) in [6.45, 7) is 5.35. The Labute approximate surface area is 97.3 Å². The minimum atomic E-state index is 0.0669. The minimum absolute atomic E-state index is 0.0669. The predicted molar refractivity (Wildman–Crippen MR) is 66.8 cm³/mol. The summed E-state index contributed by atoms with van der Waals surface area (Å²) in [4.78, 5) is 13.4. The number of aldehydes is 1. The van der Waals surface area contributed by atoms with Gasteiger partial charge < -0.3 is 9.69 Å². The van der Waals surface area contributed by atoms with Crippen LogP contribution in [0.15, 0.2) is 24.3 Å². The van der Waals surface area contributed by atoms with Crippen LogP contribution in [-0.2, 0) is 11.2 Å². The van der Waals surface area contributed by atoms with Crippen molar-refractivity contribution in [3.8, 4) is 0 Å². The largest absolute Gasteiger partial charge is 0.361 e. The molecule has 86 valence electrons. The number of hydrogen-bond acceptors (Lipinski definition) is 2. The lowest BCUT2D eigenvalue weighted by atomic mass is 9.95. The molecule has 1 aromatic rings. The summed E-state index contributed by atoms with van der Waals surface area (Å²) >= 11 is 0. The molecule has 0 radical (unpaired) electrons. The SMILES string of the molecule is CC(C)CN1c2ccccc2CC[C@@H]1C=O. The number of carbonyl (C=O) groups excluding carboxylic acids is 1. The lowest BCUT2D eigenvalue weighted by Gasteiger charge is -2.37. The maximum Gasteiger partial charge on any atom is 0.142 e. The molecule has 2 nitrogen and oxygen atoms in total. The highest BCUT2D eigenvalue weighted by Crippen LogP contribution is 2.30. The zero-order valence-corrected chi connectivity index (χ0v) is 10.0. The summed E-state index contributed by atoms with van der Waals surface area (Å²) in [5, 5.41) is 0. The molecule has 2 rings (SSSR count). The van der Waals surface area contributed by atoms with Crippen molar-refractivity contribution >= 4 is 12.0 Å². The molecular weight excluding hydrogens is 198 g/mol. The standard InChI is InChI=1S/C14H19NO/c1-11(2)9-15-13(10-16)8-7-12-5-3-4-6-14(12)15/h3-6,10-11,13H,7-9H2,1-2H3/t13-/m1/s1. The van der Waals surface area contributed by atoms with Crippen molar-refractivity contribution in [3.05, 3.63) is 29.8 Å². The first kappa shape index (κ1) is 11.2. The fraction of sp³-hybridized carbons (Fsp3) is 0.500. The van der Waals surface area contributed by atoms with E-state index in [2.05, 4.69) is 43.0 Å². The van der Waals surface area contributed by atoms with E-state index in [-0.39, 0.29) is 6.04 Å². The Hall–Kier alpha value is -1.31. The van der Waals surface area contributed by atoms with Gasteiger partial charge in [0.15, 0.2) is 0 Å². The van der Waals surface area contributed by atoms with Gasteiger partial charge in [0.25, 0.3) is 0 Å². The molecular formula is C14H19NO. The van der Waals surface area contributed by atoms with Crippen molar-refractivity contribution in [2.24, 2.45) is 5.92 Å². The summed E-state index contributed by atoms with van der Waals surface area (Å²) in [7, 11) is 0. The van der Waals surface area contributed by atoms with E-state index in [4.69, 9.17) is 0 Å². The van der Waals surface area contributed by atoms with Gasteiger partial charge in [-0.1, -0.05) is 32.0 Å². The molecule has 0 amide bonds. The van der Waals surface area contributed by atoms with Crippen molar-refractivity contribution in [3.63, 3.8) is 0 Å². The molecule has 0 bridgehead atoms. The molecule has 0 aromatic heterocycles. The smallest absolute Gasteiger partial charge is 0.142 e. The maximum absolute atomic E-state index is 11.1. The fourth-order valence-corrected chi connectivity index (χ4v) is 2.41. The quantitative estimate of drug-likeness (QED) is 0.725. The van der Waals surface area contributed by atoms with Crippen LogP contribution in [0.2, 0.25) is 0 Å². The van der Waals surface area contributed by atoms with Crippen LogP contribution in [0.5, 0.6) is 0 Å². The summed E-state index contributed by atoms with van der Waals surface area (Å²) in [6.07, 6.45) is 3.07. The van der Waals surface area contributed by atoms with Gasteiger partial charge in [-0.05, 0) is 30.4 Å². The minimum Gasteiger partial charge on any atom is -0.361 e. The summed E-state index contributed by atoms with van der Waals surface area (Å²) in [6, 6.07) is 8.50. The van der Waals surface area contributed by atoms with E-state index in [1.165, 1.54) is 11.3 Å². The van der Waals surface area contributed by atoms with Gasteiger partial charge in [-0.25, -0.2) is 0 Å². The topological polar surface area (TPSA) is 20.3 Å². The molecule has 1 aromatic carbocycles. The highest BCUT2D eigenvalue weighted by atomic mass is 16.1. The first-order valence-corrected chi connectivity index (χ1v) is 6.02. The van der Waals surface area contributed by atoms with E-state index >= 15 is 0 Å². The van der Waals surface area contributed by atoms with Crippen molar-refractivity contribution in [1.29, 1.82) is 0 Å². The average molecular weight is 217 g/mol. The van der Waals surface area contributed by atoms with Gasteiger partial charge in [0, 0.05) is 12.2 Å². The third-order valence-electron chi connectivity index (χ3n) is 3.13. The number of benzene rings is 1. The van der Waals surface area contributed by atoms with Crippen LogP contribution >= 0.6 is 0 Å². The molecule has 0 spiro atoms. The Morgan fingerprint density at radius 3 is 2.88 bits per heavy atom. The van der Waals surface area contributed by atoms with E-state index in [1.807, 2.05) is 0 Å². The molecule has 1 heterocycles. The predicted octanol–water partition coefficient (Wildman–Crippen LogP) is 2.66. The van der Waals surface area contributed by atoms with Gasteiger partial charge in [0.1, 0.15) is 6.29 Å². The zero-order valence-electron chi connectivity index (χ0n) is 10.0. The summed E-state index contributed by atoms with van der Waals surface area (Å²) in [5.41, 5.74) is 2.63. The van der Waals surface area contributed by atoms with Crippen LogP contribution in [-0.4, -0.2) is 18.9 Å². The van der Waals surface area contributed by atoms with Gasteiger partial charge >= 0.3 is 0 Å². The fourth-order valence-electron chi connectivity index (χ4n) is 2.41. The van der Waals surface area contributed by atoms with Gasteiger partial charge in [-0.3, -0.25) is 0 Å². The number of nitrogens with zero attached hydrogens (tertiary/aromatic N) is 1. The average Bonchev–Trinajstić information content (AvgIpc) is 2.29. The molecule has 0 saturated carbocycles. The number of para-hydroxylation sites is 1. The number of anilines is 1. The van der Waals surface area contributed by atoms with Gasteiger partial charge in [0.05, 0.1) is 6.04 Å². The van der Waals surface area contributed by atoms with Gasteiger partial charge in [-0.15, -0.1) is 0 Å². The number of carbonyl (C=O) groups is 1. The van der Waals surface area contributed by atoms with Crippen molar-refractivity contribution in [2.45, 2.75) is 32.7 Å². The molecule has 0 aliphatic carbocycles. The second-order valence-corrected chi connectivity index (χ2v) is 4.92. The van der Waals surface area contributed by atoms with Crippen LogP contribution in [0.4, 0.5) is 5.69 Å². The third-order valence-corrected chi connectivity index (χ3v) is 3.13. The highest BCUT2D eigenvalue weighted by Gasteiger charge is 2.25. The zero-order chi connectivity index (χ0) is 11.5. The van der Waals surface area contributed by atoms with E-state index in [9.17, 15) is 4.79 Å². The monoisotopic (exact) mass is 217 g/mol. The van der Waals surface area contributed by atoms with Crippen LogP contribution in [0.3, 0.4) is 0 Å². The lowest BCUT2D eigenvalue weighted by Crippen LogP contribution is -2.42. The Kier molecular flexibility index (Phi) is 3.28. The van der Waals surface area contributed by atoms with Crippen LogP contribution in [0.25, 0.3) is 0 Å². The molecule has 0 unspecified atom stereocenters. The molecule has 0 saturated heterocycles. The lowest BCUT2D eigenvalue weighted by molar-refractivity contribution is -0.109. The second kappa shape index (κ2) is 4.69. The molecule has 2 heteroatoms. The maximum atomic E-state index is 11.1. The molecule has 16 heavy (non-hydrogen) atoms. The molecule has 1 atom stereocenters. The van der Waals surface area contributed by atoms with E-state index < -0.39 is 0 Å². The van der Waals surface area contributed by atoms with E-state index in [1.54, 1.807) is 0 Å². The summed E-state index contributed by atoms with van der Waals surface area (Å²) in [5.74, 6) is 0.577. The molecule has 0 fully saturated rings. The van der Waals surface area contributed by atoms with E-state index in [0.717, 1.165) is 25.7 Å². The third kappa shape index (κ3) is 2.11. The van der Waals surface area contributed by atoms with Gasteiger partial charge in [-0.2, -0.15) is 0 Å². The van der Waals surface area contributed by atoms with Crippen molar-refractivity contribution in [2.75, 3.05) is 11.4 Å². The highest BCUT2D eigenvalue weighted by molar-refractivity contribution is 5.69. The van der Waals surface area contributed by atoms with Gasteiger partial charge in [0.2, 0.25) is 0 Å². The Morgan fingerprint density at radius 2 is 2.19 bits per heavy atom. The number of fused-ring (bicyclic) bond motifs is 1. The Bertz CT molecular complexity index is 373. The second-order valence-electron chi connectivity index (χ2n) is 4.92. The number of rotatable bonds is 3. The number of hydrogen-bond donors (Lipinski definition) is 0. The van der Waals surface area contributed by atoms with Crippen molar-refractivity contribution in [1.82, 2.24) is 0 Å². The molecule has 1 aliphatic rings. The summed E-state index contributed by atoms with van der Waals surface area (Å²) < 4.78 is 0. The van der Waals surface area contributed by atoms with Crippen LogP contribution < -0.4 is 4.90 Å². The van der Waals surface area contributed by atoms with Crippen LogP contribution in [0, 0.1) is 5.92 Å². The normalized spacial score (nSPS) is 19.7.